The van der Waals surface area contributed by atoms with Gasteiger partial charge in [0.25, 0.3) is 0 Å². The third kappa shape index (κ3) is 2.70. The molecule has 0 atom stereocenters. The Kier molecular flexibility index (Phi) is 4.25. The molecule has 1 aliphatic rings. The van der Waals surface area contributed by atoms with Gasteiger partial charge in [0.05, 0.1) is 16.7 Å². The minimum atomic E-state index is 0.603. The average Bonchev–Trinajstić information content (AvgIpc) is 2.40. The van der Waals surface area contributed by atoms with Crippen LogP contribution in [0.2, 0.25) is 10.0 Å². The van der Waals surface area contributed by atoms with Crippen LogP contribution in [0.5, 0.6) is 0 Å². The summed E-state index contributed by atoms with van der Waals surface area (Å²) in [5, 5.41) is 1.21. The molecule has 2 aromatic rings. The molecule has 0 saturated carbocycles. The first kappa shape index (κ1) is 14.6. The van der Waals surface area contributed by atoms with Gasteiger partial charge in [0.15, 0.2) is 0 Å². The van der Waals surface area contributed by atoms with Crippen molar-refractivity contribution in [2.45, 2.75) is 33.1 Å². The summed E-state index contributed by atoms with van der Waals surface area (Å²) in [6, 6.07) is 8.30. The highest BCUT2D eigenvalue weighted by Gasteiger charge is 2.20. The fourth-order valence-electron chi connectivity index (χ4n) is 2.08. The molecule has 0 N–H and O–H groups in total. The number of benzene rings is 2. The lowest BCUT2D eigenvalue weighted by molar-refractivity contribution is 0.184. The minimum Gasteiger partial charge on any atom is -0.380 e. The first-order chi connectivity index (χ1) is 9.58. The molecule has 0 spiro atoms. The molecule has 0 bridgehead atoms. The van der Waals surface area contributed by atoms with E-state index >= 15 is 0 Å². The van der Waals surface area contributed by atoms with E-state index in [1.54, 1.807) is 30.6 Å². The fraction of sp³-hybridized carbons (Fsp3) is 0.200. The summed E-state index contributed by atoms with van der Waals surface area (Å²) in [6.07, 6.45) is 0. The molecule has 0 amide bonds. The van der Waals surface area contributed by atoms with E-state index in [4.69, 9.17) is 27.9 Å². The van der Waals surface area contributed by atoms with E-state index in [-0.39, 0.29) is 0 Å². The first-order valence-electron chi connectivity index (χ1n) is 6.05. The SMILES string of the molecule is COCc1cc2c(cc1C)Sc1cc(Cl)c(Cl)cc1S2. The van der Waals surface area contributed by atoms with Crippen LogP contribution in [0.4, 0.5) is 0 Å². The smallest absolute Gasteiger partial charge is 0.0716 e. The summed E-state index contributed by atoms with van der Waals surface area (Å²) < 4.78 is 5.25. The van der Waals surface area contributed by atoms with E-state index in [9.17, 15) is 0 Å². The van der Waals surface area contributed by atoms with Gasteiger partial charge < -0.3 is 4.74 Å². The van der Waals surface area contributed by atoms with Crippen molar-refractivity contribution in [2.75, 3.05) is 7.11 Å². The number of aryl methyl sites for hydroxylation is 1. The Hall–Kier alpha value is -0.320. The van der Waals surface area contributed by atoms with Gasteiger partial charge in [-0.2, -0.15) is 0 Å². The second-order valence-electron chi connectivity index (χ2n) is 4.58. The molecule has 0 aromatic heterocycles. The predicted octanol–water partition coefficient (Wildman–Crippen LogP) is 6.06. The lowest BCUT2D eigenvalue weighted by Crippen LogP contribution is -1.96. The van der Waals surface area contributed by atoms with Crippen LogP contribution in [0, 0.1) is 6.92 Å². The van der Waals surface area contributed by atoms with Gasteiger partial charge in [-0.1, -0.05) is 46.7 Å². The predicted molar refractivity (Wildman–Crippen MR) is 86.6 cm³/mol. The van der Waals surface area contributed by atoms with Crippen LogP contribution in [-0.4, -0.2) is 7.11 Å². The Bertz CT molecular complexity index is 686. The summed E-state index contributed by atoms with van der Waals surface area (Å²) in [6.45, 7) is 2.75. The fourth-order valence-corrected chi connectivity index (χ4v) is 4.94. The van der Waals surface area contributed by atoms with Crippen molar-refractivity contribution in [2.24, 2.45) is 0 Å². The normalized spacial score (nSPS) is 13.0. The minimum absolute atomic E-state index is 0.603. The summed E-state index contributed by atoms with van der Waals surface area (Å²) >= 11 is 15.7. The Morgan fingerprint density at radius 3 is 1.95 bits per heavy atom. The van der Waals surface area contributed by atoms with E-state index in [1.807, 2.05) is 12.1 Å². The monoisotopic (exact) mass is 342 g/mol. The summed E-state index contributed by atoms with van der Waals surface area (Å²) in [7, 11) is 1.72. The zero-order chi connectivity index (χ0) is 14.3. The molecule has 1 heterocycles. The zero-order valence-corrected chi connectivity index (χ0v) is 14.1. The molecule has 0 radical (unpaired) electrons. The standard InChI is InChI=1S/C15H12Cl2OS2/c1-8-3-12-13(4-9(8)7-18-2)20-15-6-11(17)10(16)5-14(15)19-12/h3-6H,7H2,1-2H3. The van der Waals surface area contributed by atoms with Gasteiger partial charge in [-0.3, -0.25) is 0 Å². The average molecular weight is 343 g/mol. The molecule has 0 unspecified atom stereocenters. The van der Waals surface area contributed by atoms with Gasteiger partial charge in [0.1, 0.15) is 0 Å². The van der Waals surface area contributed by atoms with E-state index in [0.29, 0.717) is 16.7 Å². The number of hydrogen-bond acceptors (Lipinski definition) is 3. The highest BCUT2D eigenvalue weighted by Crippen LogP contribution is 2.50. The van der Waals surface area contributed by atoms with Crippen LogP contribution in [0.1, 0.15) is 11.1 Å². The highest BCUT2D eigenvalue weighted by molar-refractivity contribution is 8.05. The molecule has 0 fully saturated rings. The van der Waals surface area contributed by atoms with Crippen molar-refractivity contribution >= 4 is 46.7 Å². The maximum Gasteiger partial charge on any atom is 0.0716 e. The van der Waals surface area contributed by atoms with Crippen molar-refractivity contribution in [3.05, 3.63) is 45.4 Å². The van der Waals surface area contributed by atoms with Crippen LogP contribution >= 0.6 is 46.7 Å². The van der Waals surface area contributed by atoms with Crippen LogP contribution in [0.3, 0.4) is 0 Å². The lowest BCUT2D eigenvalue weighted by atomic mass is 10.1. The summed E-state index contributed by atoms with van der Waals surface area (Å²) in [5.41, 5.74) is 2.48. The largest absolute Gasteiger partial charge is 0.380 e. The number of halogens is 2. The number of hydrogen-bond donors (Lipinski definition) is 0. The van der Waals surface area contributed by atoms with Crippen molar-refractivity contribution in [3.8, 4) is 0 Å². The summed E-state index contributed by atoms with van der Waals surface area (Å²) in [5.74, 6) is 0. The van der Waals surface area contributed by atoms with Crippen molar-refractivity contribution in [1.82, 2.24) is 0 Å². The van der Waals surface area contributed by atoms with Crippen molar-refractivity contribution in [1.29, 1.82) is 0 Å². The van der Waals surface area contributed by atoms with Crippen LogP contribution in [-0.2, 0) is 11.3 Å². The molecular weight excluding hydrogens is 331 g/mol. The van der Waals surface area contributed by atoms with Gasteiger partial charge in [0.2, 0.25) is 0 Å². The lowest BCUT2D eigenvalue weighted by Gasteiger charge is -2.20. The van der Waals surface area contributed by atoms with Gasteiger partial charge in [-0.05, 0) is 42.3 Å². The third-order valence-electron chi connectivity index (χ3n) is 3.13. The van der Waals surface area contributed by atoms with Gasteiger partial charge >= 0.3 is 0 Å². The highest BCUT2D eigenvalue weighted by atomic mass is 35.5. The number of rotatable bonds is 2. The molecule has 3 rings (SSSR count). The first-order valence-corrected chi connectivity index (χ1v) is 8.44. The second-order valence-corrected chi connectivity index (χ2v) is 7.56. The van der Waals surface area contributed by atoms with E-state index in [1.165, 1.54) is 20.9 Å². The van der Waals surface area contributed by atoms with Crippen LogP contribution < -0.4 is 0 Å². The molecule has 20 heavy (non-hydrogen) atoms. The van der Waals surface area contributed by atoms with Crippen molar-refractivity contribution in [3.63, 3.8) is 0 Å². The van der Waals surface area contributed by atoms with Gasteiger partial charge in [-0.15, -0.1) is 0 Å². The van der Waals surface area contributed by atoms with Crippen molar-refractivity contribution < 1.29 is 4.74 Å². The molecule has 1 aliphatic heterocycles. The number of fused-ring (bicyclic) bond motifs is 2. The second kappa shape index (κ2) is 5.82. The Balaban J connectivity index is 2.04. The van der Waals surface area contributed by atoms with Crippen LogP contribution in [0.25, 0.3) is 0 Å². The Labute approximate surface area is 137 Å². The Morgan fingerprint density at radius 1 is 0.900 bits per heavy atom. The number of ether oxygens (including phenoxy) is 1. The van der Waals surface area contributed by atoms with Crippen LogP contribution in [0.15, 0.2) is 43.8 Å². The molecular formula is C15H12Cl2OS2. The number of methoxy groups -OCH3 is 1. The maximum atomic E-state index is 6.10. The molecule has 104 valence electrons. The van der Waals surface area contributed by atoms with Gasteiger partial charge in [-0.25, -0.2) is 0 Å². The Morgan fingerprint density at radius 2 is 1.40 bits per heavy atom. The molecule has 1 nitrogen and oxygen atoms in total. The van der Waals surface area contributed by atoms with Gasteiger partial charge in [0, 0.05) is 26.7 Å². The van der Waals surface area contributed by atoms with E-state index < -0.39 is 0 Å². The van der Waals surface area contributed by atoms with E-state index in [2.05, 4.69) is 19.1 Å². The molecule has 0 aliphatic carbocycles. The topological polar surface area (TPSA) is 9.23 Å². The maximum absolute atomic E-state index is 6.10. The van der Waals surface area contributed by atoms with E-state index in [0.717, 1.165) is 9.79 Å². The molecule has 0 saturated heterocycles. The third-order valence-corrected chi connectivity index (χ3v) is 6.34. The molecule has 5 heteroatoms. The zero-order valence-electron chi connectivity index (χ0n) is 11.0. The molecule has 2 aromatic carbocycles. The quantitative estimate of drug-likeness (QED) is 0.559. The summed E-state index contributed by atoms with van der Waals surface area (Å²) in [4.78, 5) is 4.83.